The van der Waals surface area contributed by atoms with Crippen molar-refractivity contribution in [2.45, 2.75) is 62.7 Å². The number of halogens is 1. The Morgan fingerprint density at radius 3 is 3.00 bits per heavy atom. The summed E-state index contributed by atoms with van der Waals surface area (Å²) in [6, 6.07) is 3.82. The van der Waals surface area contributed by atoms with Crippen molar-refractivity contribution in [1.29, 1.82) is 0 Å². The minimum absolute atomic E-state index is 0.0155. The van der Waals surface area contributed by atoms with Crippen molar-refractivity contribution < 1.29 is 19.0 Å². The third kappa shape index (κ3) is 5.26. The summed E-state index contributed by atoms with van der Waals surface area (Å²) < 4.78 is 16.6. The summed E-state index contributed by atoms with van der Waals surface area (Å²) in [5.74, 6) is 2.95. The molecule has 1 aliphatic heterocycles. The molecule has 0 radical (unpaired) electrons. The Bertz CT molecular complexity index is 661. The number of aryl methyl sites for hydroxylation is 1. The largest absolute Gasteiger partial charge is 0.465 e. The van der Waals surface area contributed by atoms with Gasteiger partial charge in [0, 0.05) is 16.9 Å². The third-order valence-electron chi connectivity index (χ3n) is 5.45. The van der Waals surface area contributed by atoms with Crippen LogP contribution in [0.5, 0.6) is 0 Å². The van der Waals surface area contributed by atoms with Crippen LogP contribution in [0.15, 0.2) is 12.1 Å². The Balaban J connectivity index is 1.50. The maximum Gasteiger partial charge on any atom is 0.348 e. The molecule has 148 valence electrons. The van der Waals surface area contributed by atoms with Crippen molar-refractivity contribution in [2.75, 3.05) is 13.7 Å². The average molecular weight is 411 g/mol. The number of carbonyl (C=O) groups is 1. The van der Waals surface area contributed by atoms with E-state index in [2.05, 4.69) is 5.92 Å². The second-order valence-electron chi connectivity index (χ2n) is 7.23. The molecule has 1 saturated carbocycles. The maximum absolute atomic E-state index is 11.6. The monoisotopic (exact) mass is 410 g/mol. The summed E-state index contributed by atoms with van der Waals surface area (Å²) in [7, 11) is 1.40. The number of ether oxygens (including phenoxy) is 3. The minimum Gasteiger partial charge on any atom is -0.465 e. The van der Waals surface area contributed by atoms with Gasteiger partial charge >= 0.3 is 5.97 Å². The highest BCUT2D eigenvalue weighted by atomic mass is 35.5. The van der Waals surface area contributed by atoms with Gasteiger partial charge in [-0.15, -0.1) is 35.3 Å². The third-order valence-corrected chi connectivity index (χ3v) is 7.08. The molecule has 2 heterocycles. The molecule has 27 heavy (non-hydrogen) atoms. The van der Waals surface area contributed by atoms with Gasteiger partial charge in [-0.2, -0.15) is 0 Å². The van der Waals surface area contributed by atoms with E-state index in [4.69, 9.17) is 32.2 Å². The fraction of sp³-hybridized carbons (Fsp3) is 0.667. The molecular weight excluding hydrogens is 384 g/mol. The first-order chi connectivity index (χ1) is 13.1. The van der Waals surface area contributed by atoms with Crippen LogP contribution in [0.2, 0.25) is 0 Å². The van der Waals surface area contributed by atoms with E-state index in [9.17, 15) is 4.79 Å². The van der Waals surface area contributed by atoms with E-state index in [1.807, 2.05) is 12.1 Å². The van der Waals surface area contributed by atoms with Crippen LogP contribution in [0.1, 0.15) is 53.1 Å². The quantitative estimate of drug-likeness (QED) is 0.373. The summed E-state index contributed by atoms with van der Waals surface area (Å²) in [4.78, 5) is 13.4. The molecule has 1 unspecified atom stereocenters. The molecular formula is C21H27ClO4S. The van der Waals surface area contributed by atoms with Crippen LogP contribution in [0.4, 0.5) is 0 Å². The molecule has 0 N–H and O–H groups in total. The van der Waals surface area contributed by atoms with Crippen LogP contribution in [-0.2, 0) is 20.6 Å². The van der Waals surface area contributed by atoms with E-state index >= 15 is 0 Å². The zero-order valence-electron chi connectivity index (χ0n) is 15.7. The lowest BCUT2D eigenvalue weighted by Gasteiger charge is -2.28. The van der Waals surface area contributed by atoms with Crippen molar-refractivity contribution >= 4 is 28.9 Å². The van der Waals surface area contributed by atoms with Crippen molar-refractivity contribution in [2.24, 2.45) is 11.8 Å². The van der Waals surface area contributed by atoms with Crippen LogP contribution < -0.4 is 0 Å². The standard InChI is InChI=1S/C21H27ClO4S/c1-3-15-16(8-6-7-14-10-11-19(27-14)21(23)24-2)17(22)13-18(15)26-20-9-4-5-12-25-20/h1,10-11,15-18,20H,4-9,12-13H2,2H3/t15-,16-,17+,18-,20?/m1/s1. The van der Waals surface area contributed by atoms with Crippen LogP contribution in [0.25, 0.3) is 0 Å². The lowest BCUT2D eigenvalue weighted by Crippen LogP contribution is -2.30. The number of terminal acetylenes is 1. The summed E-state index contributed by atoms with van der Waals surface area (Å²) in [5, 5.41) is 0.0357. The first-order valence-corrected chi connectivity index (χ1v) is 10.9. The highest BCUT2D eigenvalue weighted by Gasteiger charge is 2.43. The molecule has 1 aliphatic carbocycles. The predicted molar refractivity (Wildman–Crippen MR) is 107 cm³/mol. The van der Waals surface area contributed by atoms with Gasteiger partial charge in [-0.25, -0.2) is 4.79 Å². The van der Waals surface area contributed by atoms with E-state index in [0.717, 1.165) is 51.6 Å². The topological polar surface area (TPSA) is 44.8 Å². The molecule has 0 aromatic carbocycles. The Labute approximate surface area is 170 Å². The molecule has 0 amide bonds. The van der Waals surface area contributed by atoms with E-state index in [0.29, 0.717) is 4.88 Å². The SMILES string of the molecule is C#C[C@@H]1[C@@H](CCCc2ccc(C(=O)OC)s2)[C@@H](Cl)C[C@H]1OC1CCCCO1. The molecule has 4 nitrogen and oxygen atoms in total. The first-order valence-electron chi connectivity index (χ1n) is 9.66. The van der Waals surface area contributed by atoms with Gasteiger partial charge in [0.25, 0.3) is 0 Å². The molecule has 2 fully saturated rings. The van der Waals surface area contributed by atoms with E-state index in [-0.39, 0.29) is 35.6 Å². The second-order valence-corrected chi connectivity index (χ2v) is 8.96. The fourth-order valence-electron chi connectivity index (χ4n) is 4.02. The summed E-state index contributed by atoms with van der Waals surface area (Å²) >= 11 is 8.13. The number of methoxy groups -OCH3 is 1. The van der Waals surface area contributed by atoms with Crippen molar-refractivity contribution in [3.8, 4) is 12.3 Å². The Morgan fingerprint density at radius 2 is 2.30 bits per heavy atom. The smallest absolute Gasteiger partial charge is 0.348 e. The second kappa shape index (κ2) is 9.93. The number of hydrogen-bond donors (Lipinski definition) is 0. The zero-order chi connectivity index (χ0) is 19.2. The first kappa shape index (κ1) is 20.7. The maximum atomic E-state index is 11.6. The number of esters is 1. The van der Waals surface area contributed by atoms with Gasteiger partial charge in [0.2, 0.25) is 0 Å². The molecule has 1 saturated heterocycles. The lowest BCUT2D eigenvalue weighted by molar-refractivity contribution is -0.192. The minimum atomic E-state index is -0.278. The van der Waals surface area contributed by atoms with Gasteiger partial charge in [-0.05, 0) is 63.0 Å². The number of hydrogen-bond acceptors (Lipinski definition) is 5. The molecule has 0 bridgehead atoms. The Morgan fingerprint density at radius 1 is 1.44 bits per heavy atom. The Kier molecular flexibility index (Phi) is 7.60. The highest BCUT2D eigenvalue weighted by molar-refractivity contribution is 7.13. The summed E-state index contributed by atoms with van der Waals surface area (Å²) in [6.45, 7) is 0.764. The van der Waals surface area contributed by atoms with Crippen LogP contribution in [0.3, 0.4) is 0 Å². The van der Waals surface area contributed by atoms with Gasteiger partial charge in [0.1, 0.15) is 4.88 Å². The Hall–Kier alpha value is -1.06. The van der Waals surface area contributed by atoms with Crippen molar-refractivity contribution in [3.63, 3.8) is 0 Å². The van der Waals surface area contributed by atoms with Gasteiger partial charge in [0.05, 0.1) is 19.1 Å². The molecule has 5 atom stereocenters. The van der Waals surface area contributed by atoms with Crippen molar-refractivity contribution in [1.82, 2.24) is 0 Å². The predicted octanol–water partition coefficient (Wildman–Crippen LogP) is 4.65. The van der Waals surface area contributed by atoms with Crippen molar-refractivity contribution in [3.05, 3.63) is 21.9 Å². The average Bonchev–Trinajstić information content (AvgIpc) is 3.27. The molecule has 1 aromatic heterocycles. The van der Waals surface area contributed by atoms with E-state index < -0.39 is 0 Å². The lowest BCUT2D eigenvalue weighted by atomic mass is 9.90. The summed E-state index contributed by atoms with van der Waals surface area (Å²) in [6.07, 6.45) is 12.5. The number of thiophene rings is 1. The van der Waals surface area contributed by atoms with Gasteiger partial charge < -0.3 is 14.2 Å². The van der Waals surface area contributed by atoms with Crippen LogP contribution >= 0.6 is 22.9 Å². The molecule has 0 spiro atoms. The van der Waals surface area contributed by atoms with Crippen LogP contribution in [0, 0.1) is 24.2 Å². The van der Waals surface area contributed by atoms with Gasteiger partial charge in [0.15, 0.2) is 6.29 Å². The zero-order valence-corrected chi connectivity index (χ0v) is 17.3. The summed E-state index contributed by atoms with van der Waals surface area (Å²) in [5.41, 5.74) is 0. The fourth-order valence-corrected chi connectivity index (χ4v) is 5.45. The molecule has 6 heteroatoms. The molecule has 3 rings (SSSR count). The van der Waals surface area contributed by atoms with Gasteiger partial charge in [-0.3, -0.25) is 0 Å². The van der Waals surface area contributed by atoms with Crippen LogP contribution in [-0.4, -0.2) is 37.5 Å². The van der Waals surface area contributed by atoms with Gasteiger partial charge in [-0.1, -0.05) is 0 Å². The number of carbonyl (C=O) groups excluding carboxylic acids is 1. The van der Waals surface area contributed by atoms with E-state index in [1.165, 1.54) is 23.3 Å². The normalized spacial score (nSPS) is 30.8. The molecule has 2 aliphatic rings. The van der Waals surface area contributed by atoms with E-state index in [1.54, 1.807) is 0 Å². The number of alkyl halides is 1. The highest BCUT2D eigenvalue weighted by Crippen LogP contribution is 2.41. The molecule has 1 aromatic rings. The number of rotatable bonds is 7.